The number of aryl methyl sites for hydroxylation is 1. The number of hydrogen-bond donors (Lipinski definition) is 2. The molecule has 1 atom stereocenters. The Balaban J connectivity index is 0.000000344. The van der Waals surface area contributed by atoms with Gasteiger partial charge in [0.15, 0.2) is 18.2 Å². The van der Waals surface area contributed by atoms with Gasteiger partial charge in [0.2, 0.25) is 0 Å². The number of carboxylic acid groups (broad SMARTS) is 1. The smallest absolute Gasteiger partial charge is 0.488 e. The molecule has 4 aromatic rings. The predicted octanol–water partition coefficient (Wildman–Crippen LogP) is 3.77. The van der Waals surface area contributed by atoms with Gasteiger partial charge < -0.3 is 19.4 Å². The number of nitrogens with zero attached hydrogens (tertiary/aromatic N) is 3. The summed E-state index contributed by atoms with van der Waals surface area (Å²) in [7, 11) is 0. The first-order valence-electron chi connectivity index (χ1n) is 9.76. The molecule has 0 saturated carbocycles. The van der Waals surface area contributed by atoms with E-state index in [2.05, 4.69) is 15.1 Å². The minimum atomic E-state index is -5.08. The van der Waals surface area contributed by atoms with Crippen LogP contribution in [-0.2, 0) is 11.5 Å². The zero-order valence-corrected chi connectivity index (χ0v) is 17.4. The molecule has 0 spiro atoms. The molecule has 0 aliphatic carbocycles. The lowest BCUT2D eigenvalue weighted by Crippen LogP contribution is -2.31. The molecular formula is C21H16F4N4O5. The summed E-state index contributed by atoms with van der Waals surface area (Å²) in [5.74, 6) is -2.10. The zero-order valence-electron chi connectivity index (χ0n) is 17.4. The van der Waals surface area contributed by atoms with Crippen molar-refractivity contribution in [1.29, 1.82) is 0 Å². The molecule has 34 heavy (non-hydrogen) atoms. The summed E-state index contributed by atoms with van der Waals surface area (Å²) in [6.07, 6.45) is -3.40. The predicted molar refractivity (Wildman–Crippen MR) is 109 cm³/mol. The molecule has 13 heteroatoms. The van der Waals surface area contributed by atoms with Crippen LogP contribution in [0.25, 0.3) is 22.2 Å². The number of alkyl halides is 4. The number of imidazole rings is 1. The number of carboxylic acids is 1. The van der Waals surface area contributed by atoms with E-state index in [9.17, 15) is 22.4 Å². The van der Waals surface area contributed by atoms with Gasteiger partial charge in [0.25, 0.3) is 0 Å². The quantitative estimate of drug-likeness (QED) is 0.428. The van der Waals surface area contributed by atoms with Crippen LogP contribution in [0.2, 0.25) is 0 Å². The molecule has 9 nitrogen and oxygen atoms in total. The molecule has 3 aromatic heterocycles. The normalized spacial score (nSPS) is 14.9. The van der Waals surface area contributed by atoms with Crippen LogP contribution in [0.1, 0.15) is 23.2 Å². The molecule has 4 heterocycles. The van der Waals surface area contributed by atoms with Gasteiger partial charge in [-0.05, 0) is 31.2 Å². The molecule has 1 aliphatic heterocycles. The lowest BCUT2D eigenvalue weighted by atomic mass is 10.0. The van der Waals surface area contributed by atoms with Gasteiger partial charge in [-0.1, -0.05) is 11.2 Å². The Morgan fingerprint density at radius 2 is 2.03 bits per heavy atom. The molecule has 178 valence electrons. The third-order valence-electron chi connectivity index (χ3n) is 5.13. The second-order valence-corrected chi connectivity index (χ2v) is 7.22. The number of H-pyrrole nitrogens is 1. The Morgan fingerprint density at radius 1 is 1.29 bits per heavy atom. The van der Waals surface area contributed by atoms with E-state index in [4.69, 9.17) is 19.2 Å². The Bertz CT molecular complexity index is 1410. The van der Waals surface area contributed by atoms with Crippen LogP contribution in [0.15, 0.2) is 45.8 Å². The van der Waals surface area contributed by atoms with E-state index < -0.39 is 18.8 Å². The Hall–Kier alpha value is -4.16. The van der Waals surface area contributed by atoms with Crippen molar-refractivity contribution in [3.05, 3.63) is 64.2 Å². The summed E-state index contributed by atoms with van der Waals surface area (Å²) in [5, 5.41) is 11.0. The lowest BCUT2D eigenvalue weighted by molar-refractivity contribution is -0.192. The summed E-state index contributed by atoms with van der Waals surface area (Å²) < 4.78 is 57.9. The maximum Gasteiger partial charge on any atom is 0.490 e. The van der Waals surface area contributed by atoms with Crippen LogP contribution in [0.4, 0.5) is 17.6 Å². The van der Waals surface area contributed by atoms with Crippen LogP contribution < -0.4 is 10.4 Å². The molecule has 5 rings (SSSR count). The summed E-state index contributed by atoms with van der Waals surface area (Å²) in [6.45, 7) is 1.21. The minimum absolute atomic E-state index is 0.142. The Morgan fingerprint density at radius 3 is 2.65 bits per heavy atom. The fourth-order valence-electron chi connectivity index (χ4n) is 3.71. The number of rotatable bonds is 3. The van der Waals surface area contributed by atoms with Gasteiger partial charge >= 0.3 is 17.8 Å². The Labute approximate surface area is 187 Å². The molecule has 0 saturated heterocycles. The molecule has 2 N–H and O–H groups in total. The number of aromatic nitrogens is 4. The molecular weight excluding hydrogens is 464 g/mol. The van der Waals surface area contributed by atoms with Gasteiger partial charge in [-0.15, -0.1) is 0 Å². The molecule has 1 unspecified atom stereocenters. The third-order valence-corrected chi connectivity index (χ3v) is 5.13. The number of nitrogens with one attached hydrogen (secondary N) is 1. The molecule has 0 fully saturated rings. The number of aliphatic carboxylic acids is 1. The summed E-state index contributed by atoms with van der Waals surface area (Å²) >= 11 is 0. The van der Waals surface area contributed by atoms with Crippen molar-refractivity contribution >= 4 is 17.0 Å². The van der Waals surface area contributed by atoms with Crippen molar-refractivity contribution in [1.82, 2.24) is 19.7 Å². The van der Waals surface area contributed by atoms with Crippen molar-refractivity contribution in [2.75, 3.05) is 6.61 Å². The van der Waals surface area contributed by atoms with Gasteiger partial charge in [0, 0.05) is 11.8 Å². The van der Waals surface area contributed by atoms with Crippen molar-refractivity contribution < 1.29 is 36.7 Å². The average Bonchev–Trinajstić information content (AvgIpc) is 3.35. The minimum Gasteiger partial charge on any atom is -0.488 e. The second-order valence-electron chi connectivity index (χ2n) is 7.22. The largest absolute Gasteiger partial charge is 0.490 e. The summed E-state index contributed by atoms with van der Waals surface area (Å²) in [6, 6.07) is 8.78. The van der Waals surface area contributed by atoms with Crippen molar-refractivity contribution in [3.8, 4) is 16.9 Å². The summed E-state index contributed by atoms with van der Waals surface area (Å²) in [5.41, 5.74) is 3.56. The van der Waals surface area contributed by atoms with Gasteiger partial charge in [0.1, 0.15) is 18.2 Å². The summed E-state index contributed by atoms with van der Waals surface area (Å²) in [4.78, 5) is 28.8. The maximum absolute atomic E-state index is 13.4. The number of carbonyl (C=O) groups is 1. The van der Waals surface area contributed by atoms with Crippen LogP contribution in [0.5, 0.6) is 5.75 Å². The van der Waals surface area contributed by atoms with Gasteiger partial charge in [-0.3, -0.25) is 9.55 Å². The van der Waals surface area contributed by atoms with Crippen molar-refractivity contribution in [2.45, 2.75) is 25.8 Å². The molecule has 0 amide bonds. The SMILES string of the molecule is Cc1noc(CF)c1-c1ccc2[nH]c(=O)n3c2c1OCC3c1ccccn1.O=C(O)C(F)(F)F. The van der Waals surface area contributed by atoms with Crippen molar-refractivity contribution in [2.24, 2.45) is 0 Å². The van der Waals surface area contributed by atoms with E-state index in [-0.39, 0.29) is 24.1 Å². The van der Waals surface area contributed by atoms with E-state index in [1.54, 1.807) is 29.8 Å². The highest BCUT2D eigenvalue weighted by atomic mass is 19.4. The highest BCUT2D eigenvalue weighted by Gasteiger charge is 2.38. The standard InChI is InChI=1S/C19H15FN4O3.C2HF3O2/c1-10-16(15(8-20)27-23-10)11-5-6-13-17-18(11)26-9-14(24(17)19(25)22-13)12-4-2-3-7-21-12;3-2(4,5)1(6)7/h2-7,14H,8-9H2,1H3,(H,22,25);(H,6,7). The van der Waals surface area contributed by atoms with Gasteiger partial charge in [-0.25, -0.2) is 14.0 Å². The molecule has 0 bridgehead atoms. The number of pyridine rings is 1. The fraction of sp³-hybridized carbons (Fsp3) is 0.238. The number of aromatic amines is 1. The molecule has 0 radical (unpaired) electrons. The molecule has 1 aliphatic rings. The Kier molecular flexibility index (Phi) is 5.85. The van der Waals surface area contributed by atoms with Crippen LogP contribution in [0.3, 0.4) is 0 Å². The first-order chi connectivity index (χ1) is 16.1. The van der Waals surface area contributed by atoms with Gasteiger partial charge in [0.05, 0.1) is 22.5 Å². The zero-order chi connectivity index (χ0) is 24.6. The van der Waals surface area contributed by atoms with E-state index in [0.717, 1.165) is 5.69 Å². The lowest BCUT2D eigenvalue weighted by Gasteiger charge is -2.26. The first-order valence-corrected chi connectivity index (χ1v) is 9.76. The van der Waals surface area contributed by atoms with Crippen LogP contribution in [-0.4, -0.2) is 43.6 Å². The van der Waals surface area contributed by atoms with E-state index >= 15 is 0 Å². The maximum atomic E-state index is 13.4. The van der Waals surface area contributed by atoms with Crippen LogP contribution in [0, 0.1) is 6.92 Å². The van der Waals surface area contributed by atoms with Crippen LogP contribution >= 0.6 is 0 Å². The molecule has 1 aromatic carbocycles. The van der Waals surface area contributed by atoms with Crippen molar-refractivity contribution in [3.63, 3.8) is 0 Å². The van der Waals surface area contributed by atoms with E-state index in [1.807, 2.05) is 18.2 Å². The van der Waals surface area contributed by atoms with E-state index in [1.165, 1.54) is 0 Å². The topological polar surface area (TPSA) is 123 Å². The number of halogens is 4. The highest BCUT2D eigenvalue weighted by molar-refractivity contribution is 5.92. The average molecular weight is 480 g/mol. The monoisotopic (exact) mass is 480 g/mol. The first kappa shape index (κ1) is 23.0. The highest BCUT2D eigenvalue weighted by Crippen LogP contribution is 2.42. The number of hydrogen-bond acceptors (Lipinski definition) is 6. The second kappa shape index (κ2) is 8.65. The fourth-order valence-corrected chi connectivity index (χ4v) is 3.71. The van der Waals surface area contributed by atoms with Gasteiger partial charge in [-0.2, -0.15) is 13.2 Å². The third kappa shape index (κ3) is 4.00. The number of benzene rings is 1. The van der Waals surface area contributed by atoms with E-state index in [0.29, 0.717) is 33.6 Å². The number of ether oxygens (including phenoxy) is 1.